The van der Waals surface area contributed by atoms with Crippen molar-refractivity contribution in [1.29, 1.82) is 0 Å². The molecule has 0 atom stereocenters. The van der Waals surface area contributed by atoms with E-state index in [-0.39, 0.29) is 33.6 Å². The zero-order chi connectivity index (χ0) is 24.4. The lowest BCUT2D eigenvalue weighted by Crippen LogP contribution is -2.39. The van der Waals surface area contributed by atoms with Crippen LogP contribution in [0.5, 0.6) is 5.75 Å². The summed E-state index contributed by atoms with van der Waals surface area (Å²) < 4.78 is 13.1. The first-order valence-electron chi connectivity index (χ1n) is 10.5. The Morgan fingerprint density at radius 1 is 1.09 bits per heavy atom. The monoisotopic (exact) mass is 471 g/mol. The number of hydrogen-bond donors (Lipinski definition) is 4. The van der Waals surface area contributed by atoms with Crippen LogP contribution in [-0.4, -0.2) is 61.5 Å². The number of rotatable bonds is 6. The van der Waals surface area contributed by atoms with Crippen molar-refractivity contribution >= 4 is 28.5 Å². The topological polar surface area (TPSA) is 143 Å². The number of Topliss-reactive ketones (excluding diaryl/α,β-unsaturated/α-hetero) is 1. The van der Waals surface area contributed by atoms with Crippen molar-refractivity contribution in [3.05, 3.63) is 65.1 Å². The van der Waals surface area contributed by atoms with Crippen LogP contribution >= 0.6 is 0 Å². The van der Waals surface area contributed by atoms with Crippen LogP contribution in [0.3, 0.4) is 0 Å². The van der Waals surface area contributed by atoms with E-state index in [2.05, 4.69) is 9.87 Å². The Hall–Kier alpha value is -3.80. The molecule has 2 heterocycles. The summed E-state index contributed by atoms with van der Waals surface area (Å²) in [6, 6.07) is 8.96. The maximum Gasteiger partial charge on any atom is 0.344 e. The highest BCUT2D eigenvalue weighted by molar-refractivity contribution is 6.44. The molecule has 0 radical (unpaired) electrons. The van der Waals surface area contributed by atoms with Crippen molar-refractivity contribution in [2.24, 2.45) is 5.92 Å². The van der Waals surface area contributed by atoms with E-state index in [0.717, 1.165) is 24.8 Å². The van der Waals surface area contributed by atoms with Crippen LogP contribution in [0.2, 0.25) is 0 Å². The molecule has 2 aromatic carbocycles. The molecule has 1 aliphatic rings. The van der Waals surface area contributed by atoms with Gasteiger partial charge in [-0.25, -0.2) is 9.65 Å². The summed E-state index contributed by atoms with van der Waals surface area (Å²) in [4.78, 5) is 45.9. The number of halogens is 1. The second-order valence-electron chi connectivity index (χ2n) is 8.18. The van der Waals surface area contributed by atoms with Gasteiger partial charge in [-0.15, -0.1) is 0 Å². The first-order valence-corrected chi connectivity index (χ1v) is 10.5. The Morgan fingerprint density at radius 2 is 1.76 bits per heavy atom. The number of ketones is 1. The van der Waals surface area contributed by atoms with E-state index >= 15 is 0 Å². The number of carbonyl (C=O) groups is 3. The second kappa shape index (κ2) is 9.59. The molecule has 0 saturated carbocycles. The Labute approximate surface area is 192 Å². The fraction of sp³-hybridized carbons (Fsp3) is 0.261. The Bertz CT molecular complexity index is 1230. The molecule has 1 saturated heterocycles. The molecule has 1 fully saturated rings. The van der Waals surface area contributed by atoms with Gasteiger partial charge in [0, 0.05) is 30.7 Å². The van der Waals surface area contributed by atoms with E-state index in [1.54, 1.807) is 17.0 Å². The van der Waals surface area contributed by atoms with Gasteiger partial charge in [-0.05, 0) is 48.9 Å². The van der Waals surface area contributed by atoms with Gasteiger partial charge in [0.25, 0.3) is 11.7 Å². The summed E-state index contributed by atoms with van der Waals surface area (Å²) >= 11 is 0. The molecule has 2 amide bonds. The Morgan fingerprint density at radius 3 is 2.38 bits per heavy atom. The number of carbonyl (C=O) groups excluding carboxylic acids is 3. The number of nitrogens with one attached hydrogen (secondary N) is 1. The summed E-state index contributed by atoms with van der Waals surface area (Å²) in [6.07, 6.45) is 3.41. The zero-order valence-electron chi connectivity index (χ0n) is 17.9. The molecule has 0 spiro atoms. The van der Waals surface area contributed by atoms with E-state index in [0.29, 0.717) is 19.0 Å². The highest BCUT2D eigenvalue weighted by Crippen LogP contribution is 2.31. The summed E-state index contributed by atoms with van der Waals surface area (Å²) in [5, 5.41) is 26.4. The average molecular weight is 471 g/mol. The standard InChI is InChI=1S/C23H22FN3O7/c24-15-3-1-13(2-4-15)9-14-5-7-26(8-6-14)22(29)17-10-16-18(21(28)23(30)27(31)32)12-25-19(16)11-20(17)34-33/h1-4,10-12,14,25,31-33H,5-9H2. The largest absolute Gasteiger partial charge is 0.360 e. The van der Waals surface area contributed by atoms with E-state index in [1.165, 1.54) is 30.5 Å². The molecule has 0 unspecified atom stereocenters. The van der Waals surface area contributed by atoms with Crippen LogP contribution in [0.15, 0.2) is 42.6 Å². The molecule has 178 valence electrons. The minimum Gasteiger partial charge on any atom is -0.360 e. The lowest BCUT2D eigenvalue weighted by Gasteiger charge is -2.32. The minimum atomic E-state index is -1.57. The molecule has 0 aliphatic carbocycles. The lowest BCUT2D eigenvalue weighted by atomic mass is 9.90. The van der Waals surface area contributed by atoms with Crippen LogP contribution in [0, 0.1) is 11.7 Å². The SMILES string of the molecule is O=C(C(=O)N(O)O)c1c[nH]c2cc(OO)c(C(=O)N3CCC(Cc4ccc(F)cc4)CC3)cc12. The van der Waals surface area contributed by atoms with Crippen LogP contribution in [-0.2, 0) is 11.2 Å². The number of hydroxylamine groups is 2. The smallest absolute Gasteiger partial charge is 0.344 e. The van der Waals surface area contributed by atoms with E-state index < -0.39 is 22.8 Å². The normalized spacial score (nSPS) is 14.3. The number of H-pyrrole nitrogens is 1. The van der Waals surface area contributed by atoms with Gasteiger partial charge in [-0.2, -0.15) is 0 Å². The predicted molar refractivity (Wildman–Crippen MR) is 115 cm³/mol. The number of aromatic amines is 1. The molecule has 11 heteroatoms. The molecule has 4 rings (SSSR count). The van der Waals surface area contributed by atoms with E-state index in [9.17, 15) is 24.0 Å². The summed E-state index contributed by atoms with van der Waals surface area (Å²) in [5.74, 6) is -3.30. The number of fused-ring (bicyclic) bond motifs is 1. The van der Waals surface area contributed by atoms with Crippen molar-refractivity contribution in [2.45, 2.75) is 19.3 Å². The van der Waals surface area contributed by atoms with Gasteiger partial charge in [0.15, 0.2) is 5.75 Å². The molecular weight excluding hydrogens is 449 g/mol. The van der Waals surface area contributed by atoms with Crippen molar-refractivity contribution in [3.63, 3.8) is 0 Å². The number of amides is 2. The molecule has 4 N–H and O–H groups in total. The molecule has 1 aromatic heterocycles. The highest BCUT2D eigenvalue weighted by Gasteiger charge is 2.29. The Balaban J connectivity index is 1.52. The Kier molecular flexibility index (Phi) is 6.59. The molecule has 0 bridgehead atoms. The van der Waals surface area contributed by atoms with E-state index in [1.807, 2.05) is 0 Å². The highest BCUT2D eigenvalue weighted by atomic mass is 19.1. The van der Waals surface area contributed by atoms with E-state index in [4.69, 9.17) is 10.4 Å². The number of nitrogens with zero attached hydrogens (tertiary/aromatic N) is 2. The third-order valence-corrected chi connectivity index (χ3v) is 6.07. The first kappa shape index (κ1) is 23.4. The van der Waals surface area contributed by atoms with Crippen molar-refractivity contribution < 1.29 is 39.3 Å². The third kappa shape index (κ3) is 4.62. The maximum absolute atomic E-state index is 13.2. The number of benzene rings is 2. The summed E-state index contributed by atoms with van der Waals surface area (Å²) in [7, 11) is 0. The van der Waals surface area contributed by atoms with Crippen LogP contribution in [0.4, 0.5) is 4.39 Å². The fourth-order valence-corrected chi connectivity index (χ4v) is 4.25. The number of likely N-dealkylation sites (tertiary alicyclic amines) is 1. The predicted octanol–water partition coefficient (Wildman–Crippen LogP) is 3.04. The van der Waals surface area contributed by atoms with Crippen molar-refractivity contribution in [1.82, 2.24) is 15.1 Å². The zero-order valence-corrected chi connectivity index (χ0v) is 17.9. The first-order chi connectivity index (χ1) is 16.3. The van der Waals surface area contributed by atoms with Gasteiger partial charge in [-0.3, -0.25) is 24.8 Å². The number of aromatic nitrogens is 1. The summed E-state index contributed by atoms with van der Waals surface area (Å²) in [6.45, 7) is 0.907. The van der Waals surface area contributed by atoms with Gasteiger partial charge in [0.1, 0.15) is 5.82 Å². The molecule has 10 nitrogen and oxygen atoms in total. The summed E-state index contributed by atoms with van der Waals surface area (Å²) in [5.41, 5.74) is 1.12. The number of hydrogen-bond acceptors (Lipinski definition) is 7. The molecule has 34 heavy (non-hydrogen) atoms. The van der Waals surface area contributed by atoms with Crippen molar-refractivity contribution in [2.75, 3.05) is 13.1 Å². The second-order valence-corrected chi connectivity index (χ2v) is 8.18. The van der Waals surface area contributed by atoms with Gasteiger partial charge in [-0.1, -0.05) is 17.4 Å². The van der Waals surface area contributed by atoms with Crippen LogP contribution in [0.25, 0.3) is 10.9 Å². The minimum absolute atomic E-state index is 0.0158. The average Bonchev–Trinajstić information content (AvgIpc) is 3.26. The fourth-order valence-electron chi connectivity index (χ4n) is 4.25. The third-order valence-electron chi connectivity index (χ3n) is 6.07. The maximum atomic E-state index is 13.2. The molecular formula is C23H22FN3O7. The van der Waals surface area contributed by atoms with Crippen LogP contribution in [0.1, 0.15) is 39.1 Å². The van der Waals surface area contributed by atoms with Crippen molar-refractivity contribution in [3.8, 4) is 5.75 Å². The lowest BCUT2D eigenvalue weighted by molar-refractivity contribution is -0.280. The van der Waals surface area contributed by atoms with Gasteiger partial charge >= 0.3 is 5.91 Å². The quantitative estimate of drug-likeness (QED) is 0.142. The van der Waals surface area contributed by atoms with Crippen LogP contribution < -0.4 is 4.89 Å². The van der Waals surface area contributed by atoms with Gasteiger partial charge in [0.05, 0.1) is 16.6 Å². The van der Waals surface area contributed by atoms with Gasteiger partial charge in [0.2, 0.25) is 0 Å². The number of piperidine rings is 1. The molecule has 1 aliphatic heterocycles. The van der Waals surface area contributed by atoms with Gasteiger partial charge < -0.3 is 14.8 Å². The molecule has 3 aromatic rings.